The van der Waals surface area contributed by atoms with Gasteiger partial charge in [0.05, 0.1) is 0 Å². The summed E-state index contributed by atoms with van der Waals surface area (Å²) in [5.74, 6) is 0.420. The third kappa shape index (κ3) is 2.91. The Kier molecular flexibility index (Phi) is 3.61. The van der Waals surface area contributed by atoms with E-state index in [4.69, 9.17) is 4.42 Å². The first-order chi connectivity index (χ1) is 11.4. The number of furan rings is 1. The molecule has 0 saturated carbocycles. The first-order valence-corrected chi connectivity index (χ1v) is 9.90. The molecule has 2 aliphatic rings. The van der Waals surface area contributed by atoms with Crippen LogP contribution in [0.1, 0.15) is 23.3 Å². The first-order valence-electron chi connectivity index (χ1n) is 8.01. The van der Waals surface area contributed by atoms with Crippen LogP contribution in [0.5, 0.6) is 0 Å². The van der Waals surface area contributed by atoms with Crippen molar-refractivity contribution in [2.24, 2.45) is 5.92 Å². The van der Waals surface area contributed by atoms with E-state index in [1.54, 1.807) is 0 Å². The molecule has 2 aromatic heterocycles. The molecule has 2 saturated heterocycles. The van der Waals surface area contributed by atoms with Crippen molar-refractivity contribution in [2.75, 3.05) is 25.9 Å². The average Bonchev–Trinajstić information content (AvgIpc) is 3.09. The highest BCUT2D eigenvalue weighted by molar-refractivity contribution is 7.90. The van der Waals surface area contributed by atoms with E-state index in [0.717, 1.165) is 32.3 Å². The van der Waals surface area contributed by atoms with E-state index in [9.17, 15) is 13.2 Å². The number of nitrogens with zero attached hydrogens (tertiary/aromatic N) is 2. The Labute approximate surface area is 139 Å². The van der Waals surface area contributed by atoms with Crippen molar-refractivity contribution in [2.45, 2.75) is 24.0 Å². The molecule has 4 heterocycles. The van der Waals surface area contributed by atoms with Crippen molar-refractivity contribution in [3.05, 3.63) is 24.0 Å². The molecule has 7 nitrogen and oxygen atoms in total. The molecule has 0 aliphatic carbocycles. The second kappa shape index (κ2) is 5.56. The lowest BCUT2D eigenvalue weighted by Crippen LogP contribution is -2.47. The molecular formula is C16H19N3O4S. The van der Waals surface area contributed by atoms with Crippen molar-refractivity contribution >= 4 is 26.7 Å². The lowest BCUT2D eigenvalue weighted by atomic mass is 9.97. The smallest absolute Gasteiger partial charge is 0.270 e. The predicted molar refractivity (Wildman–Crippen MR) is 87.5 cm³/mol. The highest BCUT2D eigenvalue weighted by Gasteiger charge is 2.33. The van der Waals surface area contributed by atoms with Gasteiger partial charge in [0.25, 0.3) is 5.91 Å². The number of hydrogen-bond donors (Lipinski definition) is 1. The molecule has 3 atom stereocenters. The number of pyridine rings is 1. The second-order valence-electron chi connectivity index (χ2n) is 6.77. The fourth-order valence-electron chi connectivity index (χ4n) is 3.64. The van der Waals surface area contributed by atoms with Crippen molar-refractivity contribution in [3.63, 3.8) is 0 Å². The van der Waals surface area contributed by atoms with Crippen LogP contribution in [0.2, 0.25) is 0 Å². The van der Waals surface area contributed by atoms with Crippen molar-refractivity contribution in [1.29, 1.82) is 0 Å². The zero-order valence-corrected chi connectivity index (χ0v) is 14.2. The molecule has 1 amide bonds. The summed E-state index contributed by atoms with van der Waals surface area (Å²) in [5, 5.41) is 3.48. The molecule has 8 heteroatoms. The van der Waals surface area contributed by atoms with Gasteiger partial charge in [0.2, 0.25) is 14.9 Å². The summed E-state index contributed by atoms with van der Waals surface area (Å²) in [6.07, 6.45) is 4.76. The molecule has 3 unspecified atom stereocenters. The molecule has 24 heavy (non-hydrogen) atoms. The molecule has 4 rings (SSSR count). The van der Waals surface area contributed by atoms with Gasteiger partial charge < -0.3 is 14.6 Å². The minimum atomic E-state index is -3.43. The van der Waals surface area contributed by atoms with Gasteiger partial charge in [0.1, 0.15) is 11.3 Å². The molecule has 0 spiro atoms. The topological polar surface area (TPSA) is 92.5 Å². The number of nitrogens with one attached hydrogen (secondary N) is 1. The number of piperidine rings is 1. The molecule has 0 radical (unpaired) electrons. The number of rotatable bonds is 3. The Morgan fingerprint density at radius 2 is 2.21 bits per heavy atom. The standard InChI is InChI=1S/C16H19N3O4S/c1-24(21,22)15-5-11-7-17-13(6-14(11)23-15)16(20)18-12-4-10-2-3-19(8-10)9-12/h5-7,10,12H,2-4,8-9H2,1H3,(H,18,20). The molecule has 2 aliphatic heterocycles. The number of aromatic nitrogens is 1. The molecule has 2 fully saturated rings. The van der Waals surface area contributed by atoms with Crippen LogP contribution in [0.3, 0.4) is 0 Å². The van der Waals surface area contributed by atoms with Crippen LogP contribution in [0.4, 0.5) is 0 Å². The summed E-state index contributed by atoms with van der Waals surface area (Å²) in [7, 11) is -3.43. The largest absolute Gasteiger partial charge is 0.445 e. The third-order valence-corrected chi connectivity index (χ3v) is 5.71. The Morgan fingerprint density at radius 3 is 2.96 bits per heavy atom. The minimum Gasteiger partial charge on any atom is -0.445 e. The van der Waals surface area contributed by atoms with Gasteiger partial charge in [-0.15, -0.1) is 0 Å². The first kappa shape index (κ1) is 15.6. The van der Waals surface area contributed by atoms with Crippen LogP contribution in [-0.4, -0.2) is 56.1 Å². The van der Waals surface area contributed by atoms with Gasteiger partial charge in [0.15, 0.2) is 0 Å². The normalized spacial score (nSPS) is 26.6. The lowest BCUT2D eigenvalue weighted by Gasteiger charge is -2.30. The number of amides is 1. The number of carbonyl (C=O) groups is 1. The van der Waals surface area contributed by atoms with Crippen molar-refractivity contribution < 1.29 is 17.6 Å². The second-order valence-corrected chi connectivity index (χ2v) is 8.71. The monoisotopic (exact) mass is 349 g/mol. The molecule has 0 aromatic carbocycles. The zero-order valence-electron chi connectivity index (χ0n) is 13.4. The predicted octanol–water partition coefficient (Wildman–Crippen LogP) is 1.06. The maximum atomic E-state index is 12.4. The summed E-state index contributed by atoms with van der Waals surface area (Å²) in [6.45, 7) is 3.13. The van der Waals surface area contributed by atoms with Crippen LogP contribution in [0.25, 0.3) is 11.0 Å². The molecule has 2 aromatic rings. The maximum Gasteiger partial charge on any atom is 0.270 e. The third-order valence-electron chi connectivity index (χ3n) is 4.78. The van der Waals surface area contributed by atoms with E-state index < -0.39 is 9.84 Å². The summed E-state index contributed by atoms with van der Waals surface area (Å²) in [5.41, 5.74) is 0.591. The molecule has 2 bridgehead atoms. The number of sulfone groups is 1. The van der Waals surface area contributed by atoms with Crippen LogP contribution in [0, 0.1) is 5.92 Å². The van der Waals surface area contributed by atoms with Crippen molar-refractivity contribution in [3.8, 4) is 0 Å². The van der Waals surface area contributed by atoms with Gasteiger partial charge >= 0.3 is 0 Å². The number of carbonyl (C=O) groups excluding carboxylic acids is 1. The molecule has 1 N–H and O–H groups in total. The number of fused-ring (bicyclic) bond motifs is 3. The fraction of sp³-hybridized carbons (Fsp3) is 0.500. The highest BCUT2D eigenvalue weighted by Crippen LogP contribution is 2.27. The van der Waals surface area contributed by atoms with Gasteiger partial charge in [-0.2, -0.15) is 0 Å². The number of hydrogen-bond acceptors (Lipinski definition) is 6. The van der Waals surface area contributed by atoms with Crippen LogP contribution < -0.4 is 5.32 Å². The van der Waals surface area contributed by atoms with E-state index >= 15 is 0 Å². The summed E-state index contributed by atoms with van der Waals surface area (Å²) < 4.78 is 28.4. The summed E-state index contributed by atoms with van der Waals surface area (Å²) in [4.78, 5) is 19.0. The molecule has 128 valence electrons. The molecular weight excluding hydrogens is 330 g/mol. The van der Waals surface area contributed by atoms with E-state index in [1.807, 2.05) is 0 Å². The quantitative estimate of drug-likeness (QED) is 0.891. The summed E-state index contributed by atoms with van der Waals surface area (Å²) in [6, 6.07) is 3.06. The Bertz CT molecular complexity index is 893. The average molecular weight is 349 g/mol. The van der Waals surface area contributed by atoms with Gasteiger partial charge in [-0.25, -0.2) is 8.42 Å². The Morgan fingerprint density at radius 1 is 1.38 bits per heavy atom. The minimum absolute atomic E-state index is 0.117. The summed E-state index contributed by atoms with van der Waals surface area (Å²) >= 11 is 0. The van der Waals surface area contributed by atoms with Gasteiger partial charge in [-0.1, -0.05) is 0 Å². The van der Waals surface area contributed by atoms with Crippen LogP contribution in [0.15, 0.2) is 27.8 Å². The Hall–Kier alpha value is -1.93. The van der Waals surface area contributed by atoms with Crippen LogP contribution in [-0.2, 0) is 9.84 Å². The fourth-order valence-corrected chi connectivity index (χ4v) is 4.22. The van der Waals surface area contributed by atoms with Gasteiger partial charge in [-0.3, -0.25) is 9.78 Å². The van der Waals surface area contributed by atoms with E-state index in [2.05, 4.69) is 15.2 Å². The van der Waals surface area contributed by atoms with Gasteiger partial charge in [0, 0.05) is 49.1 Å². The van der Waals surface area contributed by atoms with E-state index in [1.165, 1.54) is 24.8 Å². The maximum absolute atomic E-state index is 12.4. The SMILES string of the molecule is CS(=O)(=O)c1cc2cnc(C(=O)NC3CC4CCN(C4)C3)cc2o1. The Balaban J connectivity index is 1.54. The highest BCUT2D eigenvalue weighted by atomic mass is 32.2. The van der Waals surface area contributed by atoms with Gasteiger partial charge in [-0.05, 0) is 25.3 Å². The van der Waals surface area contributed by atoms with E-state index in [-0.39, 0.29) is 22.7 Å². The van der Waals surface area contributed by atoms with Crippen molar-refractivity contribution in [1.82, 2.24) is 15.2 Å². The lowest BCUT2D eigenvalue weighted by molar-refractivity contribution is 0.0904. The van der Waals surface area contributed by atoms with E-state index in [0.29, 0.717) is 16.9 Å². The van der Waals surface area contributed by atoms with Crippen LogP contribution >= 0.6 is 0 Å². The zero-order chi connectivity index (χ0) is 16.9.